The van der Waals surface area contributed by atoms with E-state index in [0.29, 0.717) is 17.1 Å². The van der Waals surface area contributed by atoms with Gasteiger partial charge in [0.2, 0.25) is 0 Å². The summed E-state index contributed by atoms with van der Waals surface area (Å²) in [5.74, 6) is 0.673. The summed E-state index contributed by atoms with van der Waals surface area (Å²) in [5, 5.41) is 8.18. The van der Waals surface area contributed by atoms with Crippen LogP contribution in [0.3, 0.4) is 0 Å². The predicted octanol–water partition coefficient (Wildman–Crippen LogP) is 3.37. The molecule has 0 aliphatic heterocycles. The molecule has 0 amide bonds. The normalized spacial score (nSPS) is 10.6. The molecule has 23 heavy (non-hydrogen) atoms. The van der Waals surface area contributed by atoms with E-state index in [2.05, 4.69) is 10.3 Å². The fourth-order valence-corrected chi connectivity index (χ4v) is 2.57. The van der Waals surface area contributed by atoms with E-state index in [1.807, 2.05) is 56.3 Å². The van der Waals surface area contributed by atoms with Crippen molar-refractivity contribution in [3.63, 3.8) is 0 Å². The van der Waals surface area contributed by atoms with Crippen LogP contribution < -0.4 is 4.74 Å². The van der Waals surface area contributed by atoms with Crippen molar-refractivity contribution >= 4 is 6.29 Å². The molecular weight excluding hydrogens is 290 g/mol. The highest BCUT2D eigenvalue weighted by molar-refractivity contribution is 5.84. The van der Waals surface area contributed by atoms with Crippen molar-refractivity contribution in [3.8, 4) is 22.7 Å². The molecule has 0 unspecified atom stereocenters. The SMILES string of the molecule is COc1ccc(C)cc1-n1nnc(C=O)c1-c1cccc(C)c1. The summed E-state index contributed by atoms with van der Waals surface area (Å²) in [5.41, 5.74) is 4.78. The number of hydrogen-bond acceptors (Lipinski definition) is 4. The molecule has 0 aliphatic carbocycles. The molecule has 0 aliphatic rings. The first-order chi connectivity index (χ1) is 11.1. The Labute approximate surface area is 134 Å². The molecule has 0 bridgehead atoms. The molecule has 1 heterocycles. The highest BCUT2D eigenvalue weighted by Gasteiger charge is 2.18. The minimum atomic E-state index is 0.305. The molecule has 5 nitrogen and oxygen atoms in total. The second kappa shape index (κ2) is 6.04. The van der Waals surface area contributed by atoms with Gasteiger partial charge >= 0.3 is 0 Å². The van der Waals surface area contributed by atoms with Crippen LogP contribution in [0.15, 0.2) is 42.5 Å². The number of benzene rings is 2. The quantitative estimate of drug-likeness (QED) is 0.693. The summed E-state index contributed by atoms with van der Waals surface area (Å²) in [6.45, 7) is 4.00. The number of rotatable bonds is 4. The van der Waals surface area contributed by atoms with E-state index in [0.717, 1.165) is 28.7 Å². The highest BCUT2D eigenvalue weighted by atomic mass is 16.5. The van der Waals surface area contributed by atoms with Gasteiger partial charge in [0, 0.05) is 5.56 Å². The van der Waals surface area contributed by atoms with Crippen LogP contribution in [0.2, 0.25) is 0 Å². The summed E-state index contributed by atoms with van der Waals surface area (Å²) >= 11 is 0. The first-order valence-corrected chi connectivity index (χ1v) is 7.27. The lowest BCUT2D eigenvalue weighted by Crippen LogP contribution is -2.03. The molecule has 0 saturated carbocycles. The first-order valence-electron chi connectivity index (χ1n) is 7.27. The van der Waals surface area contributed by atoms with Crippen LogP contribution in [-0.2, 0) is 0 Å². The minimum absolute atomic E-state index is 0.305. The molecule has 0 atom stereocenters. The van der Waals surface area contributed by atoms with Crippen LogP contribution in [-0.4, -0.2) is 28.4 Å². The maximum absolute atomic E-state index is 11.4. The van der Waals surface area contributed by atoms with Gasteiger partial charge < -0.3 is 4.74 Å². The van der Waals surface area contributed by atoms with E-state index in [9.17, 15) is 4.79 Å². The summed E-state index contributed by atoms with van der Waals surface area (Å²) in [4.78, 5) is 11.4. The lowest BCUT2D eigenvalue weighted by Gasteiger charge is -2.12. The maximum Gasteiger partial charge on any atom is 0.172 e. The van der Waals surface area contributed by atoms with Gasteiger partial charge in [-0.2, -0.15) is 0 Å². The lowest BCUT2D eigenvalue weighted by atomic mass is 10.1. The summed E-state index contributed by atoms with van der Waals surface area (Å²) in [6, 6.07) is 13.7. The molecule has 0 saturated heterocycles. The fourth-order valence-electron chi connectivity index (χ4n) is 2.57. The van der Waals surface area contributed by atoms with Crippen molar-refractivity contribution in [2.24, 2.45) is 0 Å². The van der Waals surface area contributed by atoms with Gasteiger partial charge in [-0.05, 0) is 37.6 Å². The van der Waals surface area contributed by atoms with Gasteiger partial charge in [-0.15, -0.1) is 5.10 Å². The van der Waals surface area contributed by atoms with Crippen LogP contribution in [0.4, 0.5) is 0 Å². The molecule has 1 aromatic heterocycles. The van der Waals surface area contributed by atoms with Gasteiger partial charge in [-0.1, -0.05) is 35.0 Å². The zero-order valence-corrected chi connectivity index (χ0v) is 13.3. The van der Waals surface area contributed by atoms with Crippen LogP contribution >= 0.6 is 0 Å². The van der Waals surface area contributed by atoms with E-state index in [1.165, 1.54) is 0 Å². The third-order valence-corrected chi connectivity index (χ3v) is 3.66. The highest BCUT2D eigenvalue weighted by Crippen LogP contribution is 2.30. The molecule has 3 rings (SSSR count). The lowest BCUT2D eigenvalue weighted by molar-refractivity contribution is 0.111. The number of nitrogens with zero attached hydrogens (tertiary/aromatic N) is 3. The van der Waals surface area contributed by atoms with E-state index < -0.39 is 0 Å². The van der Waals surface area contributed by atoms with E-state index >= 15 is 0 Å². The summed E-state index contributed by atoms with van der Waals surface area (Å²) in [7, 11) is 1.61. The molecule has 5 heteroatoms. The number of hydrogen-bond donors (Lipinski definition) is 0. The molecule has 2 aromatic carbocycles. The number of ether oxygens (including phenoxy) is 1. The zero-order chi connectivity index (χ0) is 16.4. The average molecular weight is 307 g/mol. The van der Waals surface area contributed by atoms with Crippen LogP contribution in [0, 0.1) is 13.8 Å². The van der Waals surface area contributed by atoms with Gasteiger partial charge in [0.1, 0.15) is 17.1 Å². The van der Waals surface area contributed by atoms with Crippen LogP contribution in [0.5, 0.6) is 5.75 Å². The average Bonchev–Trinajstić information content (AvgIpc) is 2.98. The maximum atomic E-state index is 11.4. The van der Waals surface area contributed by atoms with Gasteiger partial charge in [-0.25, -0.2) is 4.68 Å². The number of aromatic nitrogens is 3. The van der Waals surface area contributed by atoms with Crippen molar-refractivity contribution in [2.45, 2.75) is 13.8 Å². The molecular formula is C18H17N3O2. The minimum Gasteiger partial charge on any atom is -0.494 e. The fraction of sp³-hybridized carbons (Fsp3) is 0.167. The Kier molecular flexibility index (Phi) is 3.93. The van der Waals surface area contributed by atoms with Gasteiger partial charge in [-0.3, -0.25) is 4.79 Å². The molecule has 0 spiro atoms. The summed E-state index contributed by atoms with van der Waals surface area (Å²) < 4.78 is 7.09. The Balaban J connectivity index is 2.28. The third kappa shape index (κ3) is 2.73. The largest absolute Gasteiger partial charge is 0.494 e. The van der Waals surface area contributed by atoms with Gasteiger partial charge in [0.05, 0.1) is 7.11 Å². The predicted molar refractivity (Wildman–Crippen MR) is 88.2 cm³/mol. The topological polar surface area (TPSA) is 57.0 Å². The number of aryl methyl sites for hydroxylation is 2. The molecule has 0 radical (unpaired) electrons. The Bertz CT molecular complexity index is 868. The Morgan fingerprint density at radius 3 is 2.57 bits per heavy atom. The number of carbonyl (C=O) groups excluding carboxylic acids is 1. The van der Waals surface area contributed by atoms with Crippen molar-refractivity contribution in [2.75, 3.05) is 7.11 Å². The van der Waals surface area contributed by atoms with Crippen molar-refractivity contribution in [3.05, 3.63) is 59.3 Å². The Morgan fingerprint density at radius 1 is 1.09 bits per heavy atom. The van der Waals surface area contributed by atoms with Crippen molar-refractivity contribution < 1.29 is 9.53 Å². The number of carbonyl (C=O) groups is 1. The smallest absolute Gasteiger partial charge is 0.172 e. The molecule has 0 fully saturated rings. The number of aldehydes is 1. The third-order valence-electron chi connectivity index (χ3n) is 3.66. The summed E-state index contributed by atoms with van der Waals surface area (Å²) in [6.07, 6.45) is 0.726. The van der Waals surface area contributed by atoms with Crippen molar-refractivity contribution in [1.82, 2.24) is 15.0 Å². The zero-order valence-electron chi connectivity index (χ0n) is 13.3. The second-order valence-electron chi connectivity index (χ2n) is 5.40. The van der Waals surface area contributed by atoms with Crippen LogP contribution in [0.25, 0.3) is 16.9 Å². The molecule has 0 N–H and O–H groups in total. The molecule has 116 valence electrons. The van der Waals surface area contributed by atoms with Crippen LogP contribution in [0.1, 0.15) is 21.6 Å². The first kappa shape index (κ1) is 15.0. The Hall–Kier alpha value is -2.95. The van der Waals surface area contributed by atoms with Gasteiger partial charge in [0.15, 0.2) is 12.0 Å². The van der Waals surface area contributed by atoms with E-state index in [-0.39, 0.29) is 0 Å². The molecule has 3 aromatic rings. The Morgan fingerprint density at radius 2 is 1.87 bits per heavy atom. The second-order valence-corrected chi connectivity index (χ2v) is 5.40. The monoisotopic (exact) mass is 307 g/mol. The van der Waals surface area contributed by atoms with Crippen molar-refractivity contribution in [1.29, 1.82) is 0 Å². The van der Waals surface area contributed by atoms with Gasteiger partial charge in [0.25, 0.3) is 0 Å². The number of methoxy groups -OCH3 is 1. The van der Waals surface area contributed by atoms with E-state index in [1.54, 1.807) is 11.8 Å². The van der Waals surface area contributed by atoms with E-state index in [4.69, 9.17) is 4.74 Å². The standard InChI is InChI=1S/C18H17N3O2/c1-12-5-4-6-14(9-12)18-15(11-22)19-20-21(18)16-10-13(2)7-8-17(16)23-3/h4-11H,1-3H3.